The van der Waals surface area contributed by atoms with Crippen LogP contribution in [0.15, 0.2) is 5.10 Å². The summed E-state index contributed by atoms with van der Waals surface area (Å²) in [6.07, 6.45) is 10.4. The van der Waals surface area contributed by atoms with E-state index in [1.54, 1.807) is 7.11 Å². The average molecular weight is 336 g/mol. The van der Waals surface area contributed by atoms with Crippen LogP contribution in [0.5, 0.6) is 0 Å². The third kappa shape index (κ3) is 3.76. The highest BCUT2D eigenvalue weighted by Gasteiger charge is 2.41. The first-order valence-corrected chi connectivity index (χ1v) is 9.65. The molecule has 0 aromatic heterocycles. The van der Waals surface area contributed by atoms with Crippen molar-refractivity contribution in [1.29, 1.82) is 0 Å². The second kappa shape index (κ2) is 8.32. The van der Waals surface area contributed by atoms with Crippen molar-refractivity contribution in [1.82, 2.24) is 5.01 Å². The minimum Gasteiger partial charge on any atom is -0.469 e. The summed E-state index contributed by atoms with van der Waals surface area (Å²) in [5, 5.41) is 7.36. The summed E-state index contributed by atoms with van der Waals surface area (Å²) in [6, 6.07) is 0.421. The van der Waals surface area contributed by atoms with Gasteiger partial charge in [-0.2, -0.15) is 5.10 Å². The number of carbonyl (C=O) groups is 1. The Morgan fingerprint density at radius 2 is 2.00 bits per heavy atom. The van der Waals surface area contributed by atoms with E-state index in [1.807, 2.05) is 0 Å². The Labute approximate surface area is 145 Å². The zero-order valence-electron chi connectivity index (χ0n) is 15.2. The molecule has 4 atom stereocenters. The van der Waals surface area contributed by atoms with Crippen LogP contribution in [-0.2, 0) is 14.3 Å². The predicted molar refractivity (Wildman–Crippen MR) is 93.8 cm³/mol. The topological polar surface area (TPSA) is 51.1 Å². The number of hydrazone groups is 1. The van der Waals surface area contributed by atoms with E-state index in [2.05, 4.69) is 5.01 Å². The lowest BCUT2D eigenvalue weighted by Crippen LogP contribution is -2.36. The van der Waals surface area contributed by atoms with Gasteiger partial charge in [0.2, 0.25) is 0 Å². The molecular formula is C19H32N2O3. The van der Waals surface area contributed by atoms with Crippen LogP contribution < -0.4 is 0 Å². The van der Waals surface area contributed by atoms with Crippen LogP contribution in [0.3, 0.4) is 0 Å². The Bertz CT molecular complexity index is 466. The quantitative estimate of drug-likeness (QED) is 0.723. The molecule has 0 spiro atoms. The summed E-state index contributed by atoms with van der Waals surface area (Å²) in [5.41, 5.74) is 1.34. The van der Waals surface area contributed by atoms with Crippen LogP contribution in [0, 0.1) is 17.8 Å². The van der Waals surface area contributed by atoms with Crippen molar-refractivity contribution in [2.45, 2.75) is 63.8 Å². The zero-order chi connectivity index (χ0) is 16.9. The Balaban J connectivity index is 1.75. The molecule has 0 aromatic rings. The molecule has 0 aromatic carbocycles. The van der Waals surface area contributed by atoms with Gasteiger partial charge in [-0.25, -0.2) is 0 Å². The molecule has 1 heterocycles. The Morgan fingerprint density at radius 1 is 1.12 bits per heavy atom. The van der Waals surface area contributed by atoms with Crippen LogP contribution in [0.2, 0.25) is 0 Å². The molecule has 2 saturated carbocycles. The molecule has 0 N–H and O–H groups in total. The molecule has 5 heteroatoms. The van der Waals surface area contributed by atoms with Crippen LogP contribution in [0.1, 0.15) is 57.8 Å². The smallest absolute Gasteiger partial charge is 0.308 e. The molecule has 3 fully saturated rings. The van der Waals surface area contributed by atoms with Gasteiger partial charge in [-0.1, -0.05) is 12.8 Å². The van der Waals surface area contributed by atoms with Crippen LogP contribution in [0.4, 0.5) is 0 Å². The van der Waals surface area contributed by atoms with Crippen molar-refractivity contribution < 1.29 is 14.3 Å². The van der Waals surface area contributed by atoms with Gasteiger partial charge in [-0.15, -0.1) is 0 Å². The summed E-state index contributed by atoms with van der Waals surface area (Å²) in [7, 11) is 3.29. The van der Waals surface area contributed by atoms with Gasteiger partial charge < -0.3 is 9.47 Å². The summed E-state index contributed by atoms with van der Waals surface area (Å²) >= 11 is 0. The van der Waals surface area contributed by atoms with E-state index >= 15 is 0 Å². The van der Waals surface area contributed by atoms with Gasteiger partial charge in [-0.3, -0.25) is 9.80 Å². The first-order valence-electron chi connectivity index (χ1n) is 9.65. The highest BCUT2D eigenvalue weighted by molar-refractivity contribution is 5.88. The third-order valence-electron chi connectivity index (χ3n) is 6.18. The van der Waals surface area contributed by atoms with Crippen molar-refractivity contribution in [2.24, 2.45) is 22.9 Å². The molecular weight excluding hydrogens is 304 g/mol. The van der Waals surface area contributed by atoms with E-state index in [4.69, 9.17) is 14.6 Å². The normalized spacial score (nSPS) is 35.6. The number of nitrogens with zero attached hydrogens (tertiary/aromatic N) is 2. The second-order valence-electron chi connectivity index (χ2n) is 7.58. The predicted octanol–water partition coefficient (Wildman–Crippen LogP) is 3.23. The van der Waals surface area contributed by atoms with Gasteiger partial charge in [0.05, 0.1) is 25.7 Å². The lowest BCUT2D eigenvalue weighted by Gasteiger charge is -2.33. The zero-order valence-corrected chi connectivity index (χ0v) is 15.2. The maximum atomic E-state index is 12.2. The van der Waals surface area contributed by atoms with Gasteiger partial charge in [0, 0.05) is 25.3 Å². The van der Waals surface area contributed by atoms with Crippen LogP contribution in [-0.4, -0.2) is 50.1 Å². The molecule has 5 nitrogen and oxygen atoms in total. The van der Waals surface area contributed by atoms with Gasteiger partial charge in [0.1, 0.15) is 0 Å². The van der Waals surface area contributed by atoms with Crippen molar-refractivity contribution in [3.63, 3.8) is 0 Å². The number of carbonyl (C=O) groups excluding carboxylic acids is 1. The fourth-order valence-corrected chi connectivity index (χ4v) is 5.00. The molecule has 24 heavy (non-hydrogen) atoms. The van der Waals surface area contributed by atoms with Crippen molar-refractivity contribution >= 4 is 11.7 Å². The van der Waals surface area contributed by atoms with Gasteiger partial charge >= 0.3 is 5.97 Å². The van der Waals surface area contributed by atoms with E-state index in [1.165, 1.54) is 44.9 Å². The molecule has 2 aliphatic carbocycles. The van der Waals surface area contributed by atoms with E-state index in [0.29, 0.717) is 17.9 Å². The number of methoxy groups -OCH3 is 2. The summed E-state index contributed by atoms with van der Waals surface area (Å²) in [4.78, 5) is 12.2. The van der Waals surface area contributed by atoms with Gasteiger partial charge in [0.25, 0.3) is 0 Å². The molecule has 0 unspecified atom stereocenters. The Hall–Kier alpha value is -1.10. The fourth-order valence-electron chi connectivity index (χ4n) is 5.00. The lowest BCUT2D eigenvalue weighted by molar-refractivity contribution is -0.147. The first-order chi connectivity index (χ1) is 11.7. The SMILES string of the molecule is COC[C@@H]1CCCN1/N=C1/CCCC[C@H]1[C@H]1CCC[C@@H]1C(=O)OC. The molecule has 0 radical (unpaired) electrons. The van der Waals surface area contributed by atoms with E-state index < -0.39 is 0 Å². The number of hydrogen-bond acceptors (Lipinski definition) is 5. The average Bonchev–Trinajstić information content (AvgIpc) is 3.25. The Morgan fingerprint density at radius 3 is 2.79 bits per heavy atom. The second-order valence-corrected chi connectivity index (χ2v) is 7.58. The number of esters is 1. The van der Waals surface area contributed by atoms with Crippen LogP contribution >= 0.6 is 0 Å². The standard InChI is InChI=1S/C19H32N2O3/c1-23-13-14-7-6-12-21(14)20-18-11-4-3-8-16(18)15-9-5-10-17(15)19(22)24-2/h14-17H,3-13H2,1-2H3/b20-18-/t14-,15+,16-,17-/m0/s1. The fraction of sp³-hybridized carbons (Fsp3) is 0.895. The minimum atomic E-state index is -0.0131. The summed E-state index contributed by atoms with van der Waals surface area (Å²) in [5.74, 6) is 0.964. The molecule has 1 saturated heterocycles. The van der Waals surface area contributed by atoms with Crippen LogP contribution in [0.25, 0.3) is 0 Å². The highest BCUT2D eigenvalue weighted by Crippen LogP contribution is 2.42. The molecule has 0 bridgehead atoms. The van der Waals surface area contributed by atoms with E-state index in [9.17, 15) is 4.79 Å². The summed E-state index contributed by atoms with van der Waals surface area (Å²) in [6.45, 7) is 1.80. The number of ether oxygens (including phenoxy) is 2. The van der Waals surface area contributed by atoms with E-state index in [0.717, 1.165) is 38.8 Å². The third-order valence-corrected chi connectivity index (χ3v) is 6.18. The molecule has 0 amide bonds. The lowest BCUT2D eigenvalue weighted by atomic mass is 9.74. The molecule has 3 rings (SSSR count). The maximum absolute atomic E-state index is 12.2. The largest absolute Gasteiger partial charge is 0.469 e. The van der Waals surface area contributed by atoms with Gasteiger partial charge in [-0.05, 0) is 50.9 Å². The van der Waals surface area contributed by atoms with Crippen molar-refractivity contribution in [3.8, 4) is 0 Å². The molecule has 1 aliphatic heterocycles. The monoisotopic (exact) mass is 336 g/mol. The number of rotatable bonds is 5. The Kier molecular flexibility index (Phi) is 6.14. The number of hydrogen-bond donors (Lipinski definition) is 0. The highest BCUT2D eigenvalue weighted by atomic mass is 16.5. The molecule has 3 aliphatic rings. The summed E-state index contributed by atoms with van der Waals surface area (Å²) < 4.78 is 10.4. The first kappa shape index (κ1) is 17.7. The maximum Gasteiger partial charge on any atom is 0.308 e. The van der Waals surface area contributed by atoms with Crippen molar-refractivity contribution in [3.05, 3.63) is 0 Å². The van der Waals surface area contributed by atoms with Crippen molar-refractivity contribution in [2.75, 3.05) is 27.4 Å². The van der Waals surface area contributed by atoms with Gasteiger partial charge in [0.15, 0.2) is 0 Å². The molecule has 136 valence electrons. The van der Waals surface area contributed by atoms with E-state index in [-0.39, 0.29) is 11.9 Å². The minimum absolute atomic E-state index is 0.0131.